The van der Waals surface area contributed by atoms with Gasteiger partial charge in [-0.05, 0) is 55.9 Å². The van der Waals surface area contributed by atoms with Crippen LogP contribution in [-0.4, -0.2) is 25.7 Å². The van der Waals surface area contributed by atoms with Gasteiger partial charge in [-0.1, -0.05) is 26.2 Å². The summed E-state index contributed by atoms with van der Waals surface area (Å²) in [5, 5.41) is 15.6. The minimum atomic E-state index is 0.0932. The van der Waals surface area contributed by atoms with Gasteiger partial charge in [0, 0.05) is 12.1 Å². The molecule has 1 aromatic heterocycles. The molecule has 1 saturated carbocycles. The maximum absolute atomic E-state index is 4.17. The zero-order chi connectivity index (χ0) is 14.6. The first-order valence-corrected chi connectivity index (χ1v) is 7.98. The van der Waals surface area contributed by atoms with Crippen molar-refractivity contribution in [3.8, 4) is 0 Å². The van der Waals surface area contributed by atoms with Crippen LogP contribution in [0.15, 0.2) is 0 Å². The third-order valence-electron chi connectivity index (χ3n) is 4.36. The van der Waals surface area contributed by atoms with Gasteiger partial charge in [-0.2, -0.15) is 0 Å². The molecule has 114 valence electrons. The fourth-order valence-electron chi connectivity index (χ4n) is 2.90. The van der Waals surface area contributed by atoms with E-state index in [2.05, 4.69) is 48.5 Å². The summed E-state index contributed by atoms with van der Waals surface area (Å²) < 4.78 is 2.00. The highest BCUT2D eigenvalue weighted by Crippen LogP contribution is 2.31. The smallest absolute Gasteiger partial charge is 0.165 e. The summed E-state index contributed by atoms with van der Waals surface area (Å²) in [6.07, 6.45) is 6.73. The van der Waals surface area contributed by atoms with Gasteiger partial charge in [0.25, 0.3) is 0 Å². The molecule has 1 aromatic rings. The minimum absolute atomic E-state index is 0.0932. The van der Waals surface area contributed by atoms with Crippen LogP contribution in [-0.2, 0) is 13.1 Å². The number of tetrazole rings is 1. The molecule has 1 aliphatic rings. The predicted octanol–water partition coefficient (Wildman–Crippen LogP) is 2.78. The van der Waals surface area contributed by atoms with E-state index in [0.29, 0.717) is 0 Å². The molecule has 0 unspecified atom stereocenters. The first-order valence-electron chi connectivity index (χ1n) is 7.98. The summed E-state index contributed by atoms with van der Waals surface area (Å²) >= 11 is 0. The van der Waals surface area contributed by atoms with E-state index in [-0.39, 0.29) is 5.54 Å². The molecule has 20 heavy (non-hydrogen) atoms. The molecule has 0 spiro atoms. The maximum Gasteiger partial charge on any atom is 0.165 e. The Hall–Kier alpha value is -0.970. The summed E-state index contributed by atoms with van der Waals surface area (Å²) in [6, 6.07) is 0. The van der Waals surface area contributed by atoms with Crippen molar-refractivity contribution in [2.45, 2.75) is 78.4 Å². The molecular formula is C15H29N5. The highest BCUT2D eigenvalue weighted by molar-refractivity contribution is 4.84. The van der Waals surface area contributed by atoms with Crippen molar-refractivity contribution in [1.29, 1.82) is 0 Å². The van der Waals surface area contributed by atoms with Crippen molar-refractivity contribution < 1.29 is 0 Å². The first kappa shape index (κ1) is 15.4. The van der Waals surface area contributed by atoms with Gasteiger partial charge in [0.05, 0.1) is 6.54 Å². The maximum atomic E-state index is 4.17. The van der Waals surface area contributed by atoms with Crippen LogP contribution in [0.4, 0.5) is 0 Å². The first-order chi connectivity index (χ1) is 9.48. The van der Waals surface area contributed by atoms with E-state index in [0.717, 1.165) is 30.7 Å². The summed E-state index contributed by atoms with van der Waals surface area (Å²) in [4.78, 5) is 0. The lowest BCUT2D eigenvalue weighted by molar-refractivity contribution is 0.238. The van der Waals surface area contributed by atoms with Gasteiger partial charge >= 0.3 is 0 Å². The molecule has 0 atom stereocenters. The number of hydrogen-bond acceptors (Lipinski definition) is 4. The van der Waals surface area contributed by atoms with Crippen molar-refractivity contribution in [3.63, 3.8) is 0 Å². The van der Waals surface area contributed by atoms with Gasteiger partial charge in [0.15, 0.2) is 5.82 Å². The third kappa shape index (κ3) is 4.54. The van der Waals surface area contributed by atoms with Crippen LogP contribution in [0.5, 0.6) is 0 Å². The van der Waals surface area contributed by atoms with E-state index >= 15 is 0 Å². The molecule has 1 aliphatic carbocycles. The molecular weight excluding hydrogens is 250 g/mol. The Bertz CT molecular complexity index is 399. The zero-order valence-corrected chi connectivity index (χ0v) is 13.4. The molecule has 0 aromatic carbocycles. The van der Waals surface area contributed by atoms with Crippen molar-refractivity contribution in [1.82, 2.24) is 25.5 Å². The average Bonchev–Trinajstić information content (AvgIpc) is 2.84. The number of aromatic nitrogens is 4. The Morgan fingerprint density at radius 1 is 1.15 bits per heavy atom. The summed E-state index contributed by atoms with van der Waals surface area (Å²) in [5.74, 6) is 2.65. The molecule has 2 rings (SSSR count). The summed E-state index contributed by atoms with van der Waals surface area (Å²) in [7, 11) is 0. The minimum Gasteiger partial charge on any atom is -0.305 e. The highest BCUT2D eigenvalue weighted by Gasteiger charge is 2.22. The van der Waals surface area contributed by atoms with Crippen LogP contribution in [0, 0.1) is 11.8 Å². The quantitative estimate of drug-likeness (QED) is 0.900. The van der Waals surface area contributed by atoms with Crippen molar-refractivity contribution in [2.75, 3.05) is 0 Å². The van der Waals surface area contributed by atoms with E-state index in [1.165, 1.54) is 32.1 Å². The number of hydrogen-bond donors (Lipinski definition) is 1. The lowest BCUT2D eigenvalue weighted by Crippen LogP contribution is -2.36. The standard InChI is InChI=1S/C15H29N5/c1-5-12-6-8-13(9-7-12)11-20-14(17-18-19-20)10-16-15(2,3)4/h12-13,16H,5-11H2,1-4H3. The number of nitrogens with zero attached hydrogens (tertiary/aromatic N) is 4. The van der Waals surface area contributed by atoms with Crippen molar-refractivity contribution in [3.05, 3.63) is 5.82 Å². The molecule has 0 amide bonds. The van der Waals surface area contributed by atoms with E-state index in [9.17, 15) is 0 Å². The molecule has 1 heterocycles. The highest BCUT2D eigenvalue weighted by atomic mass is 15.5. The zero-order valence-electron chi connectivity index (χ0n) is 13.4. The van der Waals surface area contributed by atoms with Crippen LogP contribution in [0.1, 0.15) is 65.6 Å². The summed E-state index contributed by atoms with van der Waals surface area (Å²) in [5.41, 5.74) is 0.0932. The van der Waals surface area contributed by atoms with E-state index in [1.54, 1.807) is 0 Å². The molecule has 0 bridgehead atoms. The van der Waals surface area contributed by atoms with Gasteiger partial charge in [-0.3, -0.25) is 0 Å². The Morgan fingerprint density at radius 3 is 2.40 bits per heavy atom. The van der Waals surface area contributed by atoms with Crippen LogP contribution in [0.2, 0.25) is 0 Å². The monoisotopic (exact) mass is 279 g/mol. The second-order valence-corrected chi connectivity index (χ2v) is 7.18. The van der Waals surface area contributed by atoms with E-state index in [4.69, 9.17) is 0 Å². The van der Waals surface area contributed by atoms with E-state index < -0.39 is 0 Å². The Labute approximate surface area is 122 Å². The SMILES string of the molecule is CCC1CCC(Cn2nnnc2CNC(C)(C)C)CC1. The molecule has 1 N–H and O–H groups in total. The Kier molecular flexibility index (Phi) is 5.13. The van der Waals surface area contributed by atoms with Crippen LogP contribution in [0.3, 0.4) is 0 Å². The normalized spacial score (nSPS) is 24.0. The van der Waals surface area contributed by atoms with Crippen molar-refractivity contribution in [2.24, 2.45) is 11.8 Å². The van der Waals surface area contributed by atoms with Gasteiger partial charge in [0.2, 0.25) is 0 Å². The van der Waals surface area contributed by atoms with E-state index in [1.807, 2.05) is 4.68 Å². The molecule has 0 aliphatic heterocycles. The Morgan fingerprint density at radius 2 is 1.80 bits per heavy atom. The number of rotatable bonds is 5. The lowest BCUT2D eigenvalue weighted by Gasteiger charge is -2.27. The molecule has 5 heteroatoms. The summed E-state index contributed by atoms with van der Waals surface area (Å²) in [6.45, 7) is 10.5. The number of nitrogens with one attached hydrogen (secondary N) is 1. The largest absolute Gasteiger partial charge is 0.305 e. The topological polar surface area (TPSA) is 55.6 Å². The fraction of sp³-hybridized carbons (Fsp3) is 0.933. The van der Waals surface area contributed by atoms with Gasteiger partial charge in [-0.25, -0.2) is 4.68 Å². The van der Waals surface area contributed by atoms with Crippen LogP contribution >= 0.6 is 0 Å². The van der Waals surface area contributed by atoms with Gasteiger partial charge < -0.3 is 5.32 Å². The fourth-order valence-corrected chi connectivity index (χ4v) is 2.90. The Balaban J connectivity index is 1.86. The second-order valence-electron chi connectivity index (χ2n) is 7.18. The molecule has 0 saturated heterocycles. The lowest BCUT2D eigenvalue weighted by atomic mass is 9.81. The second kappa shape index (κ2) is 6.66. The average molecular weight is 279 g/mol. The molecule has 1 fully saturated rings. The van der Waals surface area contributed by atoms with Crippen molar-refractivity contribution >= 4 is 0 Å². The van der Waals surface area contributed by atoms with Crippen LogP contribution in [0.25, 0.3) is 0 Å². The van der Waals surface area contributed by atoms with Crippen LogP contribution < -0.4 is 5.32 Å². The van der Waals surface area contributed by atoms with Gasteiger partial charge in [-0.15, -0.1) is 5.10 Å². The van der Waals surface area contributed by atoms with Gasteiger partial charge in [0.1, 0.15) is 0 Å². The molecule has 5 nitrogen and oxygen atoms in total. The third-order valence-corrected chi connectivity index (χ3v) is 4.36. The predicted molar refractivity (Wildman–Crippen MR) is 80.1 cm³/mol. The molecule has 0 radical (unpaired) electrons.